The minimum atomic E-state index is -0.421. The van der Waals surface area contributed by atoms with Crippen LogP contribution in [0.1, 0.15) is 0 Å². The van der Waals surface area contributed by atoms with E-state index >= 15 is 0 Å². The van der Waals surface area contributed by atoms with E-state index in [9.17, 15) is 9.59 Å². The third-order valence-corrected chi connectivity index (χ3v) is 1.66. The molecule has 0 spiro atoms. The quantitative estimate of drug-likeness (QED) is 0.418. The van der Waals surface area contributed by atoms with Crippen molar-refractivity contribution in [3.63, 3.8) is 0 Å². The van der Waals surface area contributed by atoms with E-state index in [0.29, 0.717) is 17.8 Å². The maximum absolute atomic E-state index is 9.87. The summed E-state index contributed by atoms with van der Waals surface area (Å²) in [7, 11) is 0. The Morgan fingerprint density at radius 1 is 1.56 bits per heavy atom. The highest BCUT2D eigenvalue weighted by Gasteiger charge is 1.97. The fourth-order valence-electron chi connectivity index (χ4n) is 0.292. The summed E-state index contributed by atoms with van der Waals surface area (Å²) in [5.74, 6) is 0.948. The Balaban J connectivity index is 3.05. The van der Waals surface area contributed by atoms with Crippen LogP contribution in [-0.2, 0) is 9.59 Å². The molecule has 52 valence electrons. The molecule has 0 aromatic rings. The van der Waals surface area contributed by atoms with Crippen LogP contribution in [0.4, 0.5) is 0 Å². The van der Waals surface area contributed by atoms with Gasteiger partial charge in [0.05, 0.1) is 6.04 Å². The molecule has 0 aliphatic carbocycles. The summed E-state index contributed by atoms with van der Waals surface area (Å²) >= 11 is 1.36. The minimum Gasteiger partial charge on any atom is -0.321 e. The van der Waals surface area contributed by atoms with E-state index < -0.39 is 6.04 Å². The summed E-state index contributed by atoms with van der Waals surface area (Å²) in [6.45, 7) is 0. The van der Waals surface area contributed by atoms with E-state index in [4.69, 9.17) is 5.73 Å². The van der Waals surface area contributed by atoms with Crippen molar-refractivity contribution in [2.24, 2.45) is 5.73 Å². The van der Waals surface area contributed by atoms with E-state index in [0.717, 1.165) is 6.29 Å². The van der Waals surface area contributed by atoms with Crippen molar-refractivity contribution >= 4 is 24.3 Å². The molecule has 0 unspecified atom stereocenters. The number of carbonyl (C=O) groups is 2. The molecule has 0 saturated carbocycles. The molecule has 0 rings (SSSR count). The zero-order valence-corrected chi connectivity index (χ0v) is 5.76. The van der Waals surface area contributed by atoms with Gasteiger partial charge in [0.25, 0.3) is 0 Å². The third-order valence-electron chi connectivity index (χ3n) is 0.671. The number of hydrogen-bond acceptors (Lipinski definition) is 4. The lowest BCUT2D eigenvalue weighted by Gasteiger charge is -1.98. The first-order valence-electron chi connectivity index (χ1n) is 2.53. The summed E-state index contributed by atoms with van der Waals surface area (Å²) in [4.78, 5) is 19.6. The molecule has 0 saturated heterocycles. The van der Waals surface area contributed by atoms with Crippen molar-refractivity contribution in [1.82, 2.24) is 0 Å². The summed E-state index contributed by atoms with van der Waals surface area (Å²) in [6.07, 6.45) is 1.47. The maximum Gasteiger partial charge on any atom is 0.137 e. The van der Waals surface area contributed by atoms with E-state index in [2.05, 4.69) is 0 Å². The molecular weight excluding hydrogens is 138 g/mol. The molecule has 0 fully saturated rings. The summed E-state index contributed by atoms with van der Waals surface area (Å²) in [5, 5.41) is 0. The molecule has 0 amide bonds. The number of thioether (sulfide) groups is 1. The highest BCUT2D eigenvalue weighted by atomic mass is 32.2. The molecule has 4 heteroatoms. The molecule has 0 bridgehead atoms. The Morgan fingerprint density at radius 3 is 2.67 bits per heavy atom. The first kappa shape index (κ1) is 8.65. The molecule has 2 N–H and O–H groups in total. The molecular formula is C5H9NO2S. The van der Waals surface area contributed by atoms with Crippen LogP contribution in [-0.4, -0.2) is 30.1 Å². The van der Waals surface area contributed by atoms with Crippen LogP contribution in [0.5, 0.6) is 0 Å². The Labute approximate surface area is 58.0 Å². The average molecular weight is 147 g/mol. The Bertz CT molecular complexity index is 97.0. The number of rotatable bonds is 5. The van der Waals surface area contributed by atoms with E-state index in [-0.39, 0.29) is 0 Å². The molecule has 3 nitrogen and oxygen atoms in total. The molecule has 0 aliphatic rings. The lowest BCUT2D eigenvalue weighted by Crippen LogP contribution is -2.24. The van der Waals surface area contributed by atoms with Gasteiger partial charge >= 0.3 is 0 Å². The number of hydrogen-bond donors (Lipinski definition) is 1. The zero-order chi connectivity index (χ0) is 7.11. The maximum atomic E-state index is 9.87. The van der Waals surface area contributed by atoms with Crippen LogP contribution < -0.4 is 5.73 Å². The van der Waals surface area contributed by atoms with Crippen molar-refractivity contribution in [3.05, 3.63) is 0 Å². The molecule has 0 aromatic carbocycles. The number of carbonyl (C=O) groups excluding carboxylic acids is 2. The smallest absolute Gasteiger partial charge is 0.137 e. The molecule has 1 atom stereocenters. The van der Waals surface area contributed by atoms with Gasteiger partial charge in [-0.3, -0.25) is 0 Å². The largest absolute Gasteiger partial charge is 0.321 e. The lowest BCUT2D eigenvalue weighted by molar-refractivity contribution is -0.108. The lowest BCUT2D eigenvalue weighted by atomic mass is 10.4. The van der Waals surface area contributed by atoms with E-state index in [1.807, 2.05) is 0 Å². The van der Waals surface area contributed by atoms with Gasteiger partial charge in [-0.15, -0.1) is 0 Å². The average Bonchev–Trinajstić information content (AvgIpc) is 1.89. The standard InChI is InChI=1S/C5H9NO2S/c6-5(3-8)4-9-2-1-7/h1,3,5H,2,4,6H2/t5-/m1/s1. The van der Waals surface area contributed by atoms with Gasteiger partial charge < -0.3 is 15.3 Å². The molecule has 0 aromatic heterocycles. The van der Waals surface area contributed by atoms with Crippen LogP contribution in [0, 0.1) is 0 Å². The van der Waals surface area contributed by atoms with Crippen LogP contribution in [0.25, 0.3) is 0 Å². The molecule has 0 heterocycles. The predicted octanol–water partition coefficient (Wildman–Crippen LogP) is -0.555. The van der Waals surface area contributed by atoms with Gasteiger partial charge in [0.15, 0.2) is 0 Å². The van der Waals surface area contributed by atoms with Crippen molar-refractivity contribution in [3.8, 4) is 0 Å². The summed E-state index contributed by atoms with van der Waals surface area (Å²) in [6, 6.07) is -0.421. The van der Waals surface area contributed by atoms with Crippen LogP contribution in [0.2, 0.25) is 0 Å². The summed E-state index contributed by atoms with van der Waals surface area (Å²) in [5.41, 5.74) is 5.21. The first-order chi connectivity index (χ1) is 4.31. The highest BCUT2D eigenvalue weighted by Crippen LogP contribution is 1.96. The fraction of sp³-hybridized carbons (Fsp3) is 0.600. The fourth-order valence-corrected chi connectivity index (χ4v) is 0.875. The Hall–Kier alpha value is -0.350. The second-order valence-electron chi connectivity index (χ2n) is 1.50. The monoisotopic (exact) mass is 147 g/mol. The third kappa shape index (κ3) is 5.52. The summed E-state index contributed by atoms with van der Waals surface area (Å²) < 4.78 is 0. The van der Waals surface area contributed by atoms with Gasteiger partial charge in [-0.1, -0.05) is 0 Å². The normalized spacial score (nSPS) is 12.6. The van der Waals surface area contributed by atoms with E-state index in [1.165, 1.54) is 11.8 Å². The highest BCUT2D eigenvalue weighted by molar-refractivity contribution is 7.99. The van der Waals surface area contributed by atoms with Crippen molar-refractivity contribution in [2.75, 3.05) is 11.5 Å². The molecule has 0 radical (unpaired) electrons. The Kier molecular flexibility index (Phi) is 5.56. The number of aldehydes is 2. The topological polar surface area (TPSA) is 60.2 Å². The van der Waals surface area contributed by atoms with Crippen molar-refractivity contribution in [2.45, 2.75) is 6.04 Å². The van der Waals surface area contributed by atoms with Crippen molar-refractivity contribution < 1.29 is 9.59 Å². The van der Waals surface area contributed by atoms with Gasteiger partial charge in [0.2, 0.25) is 0 Å². The second-order valence-corrected chi connectivity index (χ2v) is 2.58. The van der Waals surface area contributed by atoms with Crippen LogP contribution >= 0.6 is 11.8 Å². The van der Waals surface area contributed by atoms with Gasteiger partial charge in [0, 0.05) is 11.5 Å². The Morgan fingerprint density at radius 2 is 2.22 bits per heavy atom. The SMILES string of the molecule is N[C@H](C=O)CSCC=O. The molecule has 0 aliphatic heterocycles. The predicted molar refractivity (Wildman–Crippen MR) is 37.4 cm³/mol. The van der Waals surface area contributed by atoms with E-state index in [1.54, 1.807) is 0 Å². The minimum absolute atomic E-state index is 0.418. The van der Waals surface area contributed by atoms with Gasteiger partial charge in [0.1, 0.15) is 12.6 Å². The number of nitrogens with two attached hydrogens (primary N) is 1. The second kappa shape index (κ2) is 5.78. The van der Waals surface area contributed by atoms with Crippen LogP contribution in [0.3, 0.4) is 0 Å². The van der Waals surface area contributed by atoms with Gasteiger partial charge in [-0.2, -0.15) is 11.8 Å². The van der Waals surface area contributed by atoms with Crippen LogP contribution in [0.15, 0.2) is 0 Å². The molecule has 9 heavy (non-hydrogen) atoms. The van der Waals surface area contributed by atoms with Gasteiger partial charge in [-0.05, 0) is 0 Å². The first-order valence-corrected chi connectivity index (χ1v) is 3.69. The van der Waals surface area contributed by atoms with Gasteiger partial charge in [-0.25, -0.2) is 0 Å². The van der Waals surface area contributed by atoms with Crippen molar-refractivity contribution in [1.29, 1.82) is 0 Å². The zero-order valence-electron chi connectivity index (χ0n) is 4.95.